The lowest BCUT2D eigenvalue weighted by Crippen LogP contribution is -2.24. The average molecular weight is 224 g/mol. The molecule has 0 aliphatic carbocycles. The second-order valence-electron chi connectivity index (χ2n) is 3.78. The van der Waals surface area contributed by atoms with Crippen LogP contribution in [0.25, 0.3) is 0 Å². The van der Waals surface area contributed by atoms with Crippen molar-refractivity contribution in [3.8, 4) is 0 Å². The summed E-state index contributed by atoms with van der Waals surface area (Å²) in [6.45, 7) is 7.69. The summed E-state index contributed by atoms with van der Waals surface area (Å²) in [5, 5.41) is 5.81. The van der Waals surface area contributed by atoms with Crippen LogP contribution in [0.15, 0.2) is 17.0 Å². The molecular weight excluding hydrogens is 208 g/mol. The molecule has 0 aromatic carbocycles. The van der Waals surface area contributed by atoms with Gasteiger partial charge in [0.1, 0.15) is 5.01 Å². The van der Waals surface area contributed by atoms with E-state index in [1.165, 1.54) is 0 Å². The second kappa shape index (κ2) is 5.07. The number of amides is 1. The number of hydrogen-bond donors (Lipinski definition) is 1. The predicted molar refractivity (Wildman–Crippen MR) is 62.8 cm³/mol. The summed E-state index contributed by atoms with van der Waals surface area (Å²) in [6, 6.07) is -0.0215. The van der Waals surface area contributed by atoms with E-state index < -0.39 is 0 Å². The second-order valence-corrected chi connectivity index (χ2v) is 4.67. The number of carbonyl (C=O) groups excluding carboxylic acids is 1. The maximum absolute atomic E-state index is 11.4. The van der Waals surface area contributed by atoms with E-state index in [-0.39, 0.29) is 11.9 Å². The number of nitrogens with one attached hydrogen (secondary N) is 1. The number of aromatic nitrogens is 1. The van der Waals surface area contributed by atoms with E-state index in [0.717, 1.165) is 16.3 Å². The van der Waals surface area contributed by atoms with E-state index in [1.807, 2.05) is 33.1 Å². The number of allylic oxidation sites excluding steroid dienone is 1. The zero-order valence-corrected chi connectivity index (χ0v) is 10.3. The summed E-state index contributed by atoms with van der Waals surface area (Å²) in [6.07, 6.45) is 1.59. The topological polar surface area (TPSA) is 42.0 Å². The van der Waals surface area contributed by atoms with Gasteiger partial charge in [-0.3, -0.25) is 4.79 Å². The lowest BCUT2D eigenvalue weighted by Gasteiger charge is -2.09. The molecule has 1 rings (SSSR count). The lowest BCUT2D eigenvalue weighted by molar-refractivity contribution is -0.117. The van der Waals surface area contributed by atoms with E-state index in [2.05, 4.69) is 10.3 Å². The first kappa shape index (κ1) is 11.9. The first-order chi connectivity index (χ1) is 6.99. The van der Waals surface area contributed by atoms with Crippen LogP contribution in [-0.2, 0) is 4.79 Å². The molecule has 0 aliphatic heterocycles. The normalized spacial score (nSPS) is 12.0. The minimum absolute atomic E-state index is 0.0215. The van der Waals surface area contributed by atoms with E-state index >= 15 is 0 Å². The van der Waals surface area contributed by atoms with Gasteiger partial charge < -0.3 is 5.32 Å². The van der Waals surface area contributed by atoms with Crippen LogP contribution in [0.2, 0.25) is 0 Å². The van der Waals surface area contributed by atoms with Crippen molar-refractivity contribution in [2.45, 2.75) is 33.7 Å². The Hall–Kier alpha value is -1.16. The zero-order valence-electron chi connectivity index (χ0n) is 9.50. The quantitative estimate of drug-likeness (QED) is 0.802. The van der Waals surface area contributed by atoms with Gasteiger partial charge in [-0.25, -0.2) is 4.98 Å². The van der Waals surface area contributed by atoms with Gasteiger partial charge in [0.2, 0.25) is 5.91 Å². The molecule has 0 bridgehead atoms. The fraction of sp³-hybridized carbons (Fsp3) is 0.455. The van der Waals surface area contributed by atoms with Crippen LogP contribution >= 0.6 is 11.3 Å². The first-order valence-electron chi connectivity index (χ1n) is 4.86. The van der Waals surface area contributed by atoms with E-state index in [0.29, 0.717) is 0 Å². The third kappa shape index (κ3) is 3.83. The molecule has 3 nitrogen and oxygen atoms in total. The van der Waals surface area contributed by atoms with Crippen LogP contribution in [-0.4, -0.2) is 10.9 Å². The van der Waals surface area contributed by atoms with Crippen molar-refractivity contribution in [1.82, 2.24) is 10.3 Å². The van der Waals surface area contributed by atoms with E-state index in [1.54, 1.807) is 17.4 Å². The molecule has 1 atom stereocenters. The number of rotatable bonds is 3. The van der Waals surface area contributed by atoms with Gasteiger partial charge in [0.05, 0.1) is 6.04 Å². The molecule has 82 valence electrons. The predicted octanol–water partition coefficient (Wildman–Crippen LogP) is 2.59. The van der Waals surface area contributed by atoms with Crippen molar-refractivity contribution in [3.05, 3.63) is 27.7 Å². The molecule has 1 aromatic rings. The van der Waals surface area contributed by atoms with Gasteiger partial charge in [0.25, 0.3) is 0 Å². The van der Waals surface area contributed by atoms with Crippen molar-refractivity contribution in [2.24, 2.45) is 0 Å². The maximum atomic E-state index is 11.4. The van der Waals surface area contributed by atoms with Crippen LogP contribution in [0.1, 0.15) is 37.5 Å². The zero-order chi connectivity index (χ0) is 11.4. The lowest BCUT2D eigenvalue weighted by atomic mass is 10.3. The molecule has 0 aliphatic rings. The summed E-state index contributed by atoms with van der Waals surface area (Å²) in [4.78, 5) is 15.8. The van der Waals surface area contributed by atoms with Crippen LogP contribution in [0.4, 0.5) is 0 Å². The van der Waals surface area contributed by atoms with Gasteiger partial charge in [-0.1, -0.05) is 5.57 Å². The Morgan fingerprint density at radius 1 is 1.60 bits per heavy atom. The summed E-state index contributed by atoms with van der Waals surface area (Å²) in [5.41, 5.74) is 1.99. The molecule has 0 radical (unpaired) electrons. The Bertz CT molecular complexity index is 378. The molecule has 1 amide bonds. The van der Waals surface area contributed by atoms with Crippen molar-refractivity contribution < 1.29 is 4.79 Å². The number of carbonyl (C=O) groups is 1. The minimum Gasteiger partial charge on any atom is -0.344 e. The van der Waals surface area contributed by atoms with Crippen LogP contribution < -0.4 is 5.32 Å². The molecule has 1 unspecified atom stereocenters. The van der Waals surface area contributed by atoms with Crippen molar-refractivity contribution in [1.29, 1.82) is 0 Å². The average Bonchev–Trinajstić information content (AvgIpc) is 2.49. The van der Waals surface area contributed by atoms with Gasteiger partial charge in [0.15, 0.2) is 0 Å². The molecule has 0 spiro atoms. The van der Waals surface area contributed by atoms with Crippen molar-refractivity contribution in [3.63, 3.8) is 0 Å². The van der Waals surface area contributed by atoms with Gasteiger partial charge in [0, 0.05) is 17.2 Å². The van der Waals surface area contributed by atoms with E-state index in [9.17, 15) is 4.79 Å². The molecular formula is C11H16N2OS. The molecule has 0 saturated heterocycles. The van der Waals surface area contributed by atoms with Crippen LogP contribution in [0.3, 0.4) is 0 Å². The van der Waals surface area contributed by atoms with Crippen LogP contribution in [0.5, 0.6) is 0 Å². The molecule has 0 fully saturated rings. The Morgan fingerprint density at radius 2 is 2.27 bits per heavy atom. The van der Waals surface area contributed by atoms with Crippen LogP contribution in [0, 0.1) is 6.92 Å². The first-order valence-corrected chi connectivity index (χ1v) is 5.74. The Morgan fingerprint density at radius 3 is 2.73 bits per heavy atom. The molecule has 1 N–H and O–H groups in total. The number of aryl methyl sites for hydroxylation is 1. The molecule has 4 heteroatoms. The number of thiazole rings is 1. The Balaban J connectivity index is 2.60. The molecule has 1 heterocycles. The largest absolute Gasteiger partial charge is 0.344 e. The fourth-order valence-corrected chi connectivity index (χ4v) is 1.95. The summed E-state index contributed by atoms with van der Waals surface area (Å²) >= 11 is 1.57. The fourth-order valence-electron chi connectivity index (χ4n) is 1.15. The Kier molecular flexibility index (Phi) is 4.03. The highest BCUT2D eigenvalue weighted by Gasteiger charge is 2.10. The number of hydrogen-bond acceptors (Lipinski definition) is 3. The monoisotopic (exact) mass is 224 g/mol. The third-order valence-corrected chi connectivity index (χ3v) is 2.93. The van der Waals surface area contributed by atoms with E-state index in [4.69, 9.17) is 0 Å². The Labute approximate surface area is 94.2 Å². The summed E-state index contributed by atoms with van der Waals surface area (Å²) < 4.78 is 0. The van der Waals surface area contributed by atoms with Gasteiger partial charge in [-0.2, -0.15) is 0 Å². The SMILES string of the molecule is CC(C)=CC(=O)NC(C)c1nc(C)cs1. The van der Waals surface area contributed by atoms with Crippen molar-refractivity contribution in [2.75, 3.05) is 0 Å². The molecule has 1 aromatic heterocycles. The third-order valence-electron chi connectivity index (χ3n) is 1.79. The maximum Gasteiger partial charge on any atom is 0.244 e. The van der Waals surface area contributed by atoms with Crippen molar-refractivity contribution >= 4 is 17.2 Å². The van der Waals surface area contributed by atoms with Gasteiger partial charge in [-0.05, 0) is 27.7 Å². The number of nitrogens with zero attached hydrogens (tertiary/aromatic N) is 1. The summed E-state index contributed by atoms with van der Waals surface area (Å²) in [5.74, 6) is -0.0599. The highest BCUT2D eigenvalue weighted by molar-refractivity contribution is 7.09. The summed E-state index contributed by atoms with van der Waals surface area (Å²) in [7, 11) is 0. The van der Waals surface area contributed by atoms with Gasteiger partial charge >= 0.3 is 0 Å². The highest BCUT2D eigenvalue weighted by atomic mass is 32.1. The highest BCUT2D eigenvalue weighted by Crippen LogP contribution is 2.17. The standard InChI is InChI=1S/C11H16N2OS/c1-7(2)5-10(14)13-9(4)11-12-8(3)6-15-11/h5-6,9H,1-4H3,(H,13,14). The molecule has 0 saturated carbocycles. The molecule has 15 heavy (non-hydrogen) atoms. The smallest absolute Gasteiger partial charge is 0.244 e. The van der Waals surface area contributed by atoms with Gasteiger partial charge in [-0.15, -0.1) is 11.3 Å². The minimum atomic E-state index is -0.0599.